The lowest BCUT2D eigenvalue weighted by Gasteiger charge is -2.21. The van der Waals surface area contributed by atoms with Gasteiger partial charge in [0.1, 0.15) is 11.5 Å². The van der Waals surface area contributed by atoms with Crippen molar-refractivity contribution in [3.63, 3.8) is 0 Å². The molecule has 1 aromatic heterocycles. The number of anilines is 1. The summed E-state index contributed by atoms with van der Waals surface area (Å²) in [5, 5.41) is 6.41. The fourth-order valence-electron chi connectivity index (χ4n) is 1.65. The molecule has 1 unspecified atom stereocenters. The Morgan fingerprint density at radius 2 is 2.39 bits per heavy atom. The largest absolute Gasteiger partial charge is 0.373 e. The lowest BCUT2D eigenvalue weighted by molar-refractivity contribution is 0.0949. The summed E-state index contributed by atoms with van der Waals surface area (Å²) in [5.74, 6) is 4.14. The van der Waals surface area contributed by atoms with Crippen LogP contribution in [0.3, 0.4) is 0 Å². The second-order valence-corrected chi connectivity index (χ2v) is 6.49. The summed E-state index contributed by atoms with van der Waals surface area (Å²) in [5.41, 5.74) is 0.468. The van der Waals surface area contributed by atoms with Crippen molar-refractivity contribution in [2.24, 2.45) is 0 Å². The molecule has 2 N–H and O–H groups in total. The molecule has 1 amide bonds. The average molecular weight is 283 g/mol. The van der Waals surface area contributed by atoms with E-state index in [9.17, 15) is 4.79 Å². The molecule has 1 fully saturated rings. The van der Waals surface area contributed by atoms with Crippen molar-refractivity contribution in [3.05, 3.63) is 23.9 Å². The van der Waals surface area contributed by atoms with E-state index in [1.807, 2.05) is 35.7 Å². The second kappa shape index (κ2) is 6.89. The highest BCUT2D eigenvalue weighted by atomic mass is 32.2. The summed E-state index contributed by atoms with van der Waals surface area (Å²) in [6.45, 7) is 0.724. The van der Waals surface area contributed by atoms with E-state index in [1.54, 1.807) is 13.1 Å². The zero-order valence-corrected chi connectivity index (χ0v) is 11.9. The molecule has 1 atom stereocenters. The molecule has 4 nitrogen and oxygen atoms in total. The maximum Gasteiger partial charge on any atom is 0.270 e. The molecule has 1 aromatic rings. The fourth-order valence-corrected chi connectivity index (χ4v) is 4.26. The number of hydrogen-bond acceptors (Lipinski definition) is 5. The maximum absolute atomic E-state index is 11.9. The van der Waals surface area contributed by atoms with Crippen LogP contribution in [-0.2, 0) is 0 Å². The highest BCUT2D eigenvalue weighted by Gasteiger charge is 2.16. The maximum atomic E-state index is 11.9. The van der Waals surface area contributed by atoms with E-state index in [0.717, 1.165) is 12.3 Å². The summed E-state index contributed by atoms with van der Waals surface area (Å²) in [4.78, 5) is 16.2. The number of nitrogens with one attached hydrogen (secondary N) is 2. The van der Waals surface area contributed by atoms with Crippen molar-refractivity contribution in [2.45, 2.75) is 5.25 Å². The average Bonchev–Trinajstić information content (AvgIpc) is 2.46. The van der Waals surface area contributed by atoms with Gasteiger partial charge in [-0.2, -0.15) is 23.5 Å². The van der Waals surface area contributed by atoms with E-state index < -0.39 is 0 Å². The third-order valence-electron chi connectivity index (χ3n) is 2.61. The molecule has 1 aliphatic rings. The van der Waals surface area contributed by atoms with Gasteiger partial charge in [0.25, 0.3) is 5.91 Å². The van der Waals surface area contributed by atoms with Crippen molar-refractivity contribution < 1.29 is 4.79 Å². The molecule has 0 radical (unpaired) electrons. The quantitative estimate of drug-likeness (QED) is 0.881. The van der Waals surface area contributed by atoms with Crippen molar-refractivity contribution in [2.75, 3.05) is 36.2 Å². The molecule has 1 saturated heterocycles. The van der Waals surface area contributed by atoms with Gasteiger partial charge in [-0.05, 0) is 12.1 Å². The van der Waals surface area contributed by atoms with Gasteiger partial charge in [-0.1, -0.05) is 6.07 Å². The molecular formula is C12H17N3OS2. The molecule has 1 aliphatic heterocycles. The smallest absolute Gasteiger partial charge is 0.270 e. The van der Waals surface area contributed by atoms with Crippen LogP contribution in [0, 0.1) is 0 Å². The standard InChI is InChI=1S/C12H17N3OS2/c1-13-11-4-2-3-10(15-11)12(16)14-7-9-8-17-5-6-18-9/h2-4,9H,5-8H2,1H3,(H,13,15)(H,14,16). The number of rotatable bonds is 4. The zero-order chi connectivity index (χ0) is 12.8. The SMILES string of the molecule is CNc1cccc(C(=O)NCC2CSCCS2)n1. The van der Waals surface area contributed by atoms with Gasteiger partial charge in [0.2, 0.25) is 0 Å². The highest BCUT2D eigenvalue weighted by Crippen LogP contribution is 2.23. The van der Waals surface area contributed by atoms with Gasteiger partial charge in [0.05, 0.1) is 0 Å². The third-order valence-corrected chi connectivity index (χ3v) is 5.46. The minimum atomic E-state index is -0.0942. The molecule has 98 valence electrons. The summed E-state index contributed by atoms with van der Waals surface area (Å²) in [6.07, 6.45) is 0. The van der Waals surface area contributed by atoms with E-state index in [0.29, 0.717) is 16.8 Å². The Labute approximate surface area is 116 Å². The number of pyridine rings is 1. The molecule has 0 spiro atoms. The van der Waals surface area contributed by atoms with Crippen LogP contribution in [0.15, 0.2) is 18.2 Å². The Bertz CT molecular complexity index is 408. The van der Waals surface area contributed by atoms with E-state index in [2.05, 4.69) is 15.6 Å². The van der Waals surface area contributed by atoms with Gasteiger partial charge in [-0.15, -0.1) is 0 Å². The van der Waals surface area contributed by atoms with Crippen LogP contribution in [0.1, 0.15) is 10.5 Å². The van der Waals surface area contributed by atoms with Gasteiger partial charge in [-0.25, -0.2) is 4.98 Å². The molecule has 2 heterocycles. The van der Waals surface area contributed by atoms with Crippen molar-refractivity contribution in [1.82, 2.24) is 10.3 Å². The summed E-state index contributed by atoms with van der Waals surface area (Å²) < 4.78 is 0. The normalized spacial score (nSPS) is 19.3. The Balaban J connectivity index is 1.86. The number of hydrogen-bond donors (Lipinski definition) is 2. The van der Waals surface area contributed by atoms with E-state index in [4.69, 9.17) is 0 Å². The van der Waals surface area contributed by atoms with Crippen LogP contribution in [-0.4, -0.2) is 47.0 Å². The van der Waals surface area contributed by atoms with Crippen LogP contribution >= 0.6 is 23.5 Å². The fraction of sp³-hybridized carbons (Fsp3) is 0.500. The number of carbonyl (C=O) groups excluding carboxylic acids is 1. The molecule has 2 rings (SSSR count). The Morgan fingerprint density at radius 1 is 1.50 bits per heavy atom. The summed E-state index contributed by atoms with van der Waals surface area (Å²) in [7, 11) is 1.79. The molecule has 0 saturated carbocycles. The topological polar surface area (TPSA) is 54.0 Å². The van der Waals surface area contributed by atoms with Crippen molar-refractivity contribution in [3.8, 4) is 0 Å². The van der Waals surface area contributed by atoms with E-state index >= 15 is 0 Å². The lowest BCUT2D eigenvalue weighted by Crippen LogP contribution is -2.33. The predicted molar refractivity (Wildman–Crippen MR) is 79.7 cm³/mol. The minimum absolute atomic E-state index is 0.0942. The minimum Gasteiger partial charge on any atom is -0.373 e. The predicted octanol–water partition coefficient (Wildman–Crippen LogP) is 1.70. The van der Waals surface area contributed by atoms with Crippen LogP contribution in [0.25, 0.3) is 0 Å². The number of thioether (sulfide) groups is 2. The molecule has 0 aromatic carbocycles. The van der Waals surface area contributed by atoms with Crippen molar-refractivity contribution in [1.29, 1.82) is 0 Å². The monoisotopic (exact) mass is 283 g/mol. The van der Waals surface area contributed by atoms with Gasteiger partial charge >= 0.3 is 0 Å². The van der Waals surface area contributed by atoms with E-state index in [1.165, 1.54) is 11.5 Å². The molecular weight excluding hydrogens is 266 g/mol. The molecule has 0 aliphatic carbocycles. The number of aromatic nitrogens is 1. The van der Waals surface area contributed by atoms with Gasteiger partial charge < -0.3 is 10.6 Å². The van der Waals surface area contributed by atoms with Crippen molar-refractivity contribution >= 4 is 35.2 Å². The van der Waals surface area contributed by atoms with Gasteiger partial charge in [0.15, 0.2) is 0 Å². The summed E-state index contributed by atoms with van der Waals surface area (Å²) in [6, 6.07) is 5.41. The second-order valence-electron chi connectivity index (χ2n) is 3.94. The number of amides is 1. The first-order chi connectivity index (χ1) is 8.79. The Hall–Kier alpha value is -0.880. The molecule has 0 bridgehead atoms. The number of carbonyl (C=O) groups is 1. The summed E-state index contributed by atoms with van der Waals surface area (Å²) >= 11 is 3.90. The molecule has 6 heteroatoms. The van der Waals surface area contributed by atoms with E-state index in [-0.39, 0.29) is 5.91 Å². The first-order valence-electron chi connectivity index (χ1n) is 5.92. The molecule has 18 heavy (non-hydrogen) atoms. The first-order valence-corrected chi connectivity index (χ1v) is 8.12. The van der Waals surface area contributed by atoms with Crippen LogP contribution in [0.4, 0.5) is 5.82 Å². The zero-order valence-electron chi connectivity index (χ0n) is 10.3. The lowest BCUT2D eigenvalue weighted by atomic mass is 10.3. The third kappa shape index (κ3) is 3.81. The first kappa shape index (κ1) is 13.5. The van der Waals surface area contributed by atoms with Gasteiger partial charge in [0, 0.05) is 36.1 Å². The van der Waals surface area contributed by atoms with Gasteiger partial charge in [-0.3, -0.25) is 4.79 Å². The Morgan fingerprint density at radius 3 is 3.11 bits per heavy atom. The highest BCUT2D eigenvalue weighted by molar-refractivity contribution is 8.06. The van der Waals surface area contributed by atoms with Crippen LogP contribution in [0.5, 0.6) is 0 Å². The Kier molecular flexibility index (Phi) is 5.19. The number of nitrogens with zero attached hydrogens (tertiary/aromatic N) is 1. The van der Waals surface area contributed by atoms with Crippen LogP contribution < -0.4 is 10.6 Å². The van der Waals surface area contributed by atoms with Crippen LogP contribution in [0.2, 0.25) is 0 Å².